The molecule has 0 atom stereocenters. The second-order valence-electron chi connectivity index (χ2n) is 8.40. The summed E-state index contributed by atoms with van der Waals surface area (Å²) in [7, 11) is 0. The zero-order chi connectivity index (χ0) is 24.0. The van der Waals surface area contributed by atoms with Crippen LogP contribution in [0.2, 0.25) is 0 Å². The molecule has 4 heterocycles. The predicted molar refractivity (Wildman–Crippen MR) is 128 cm³/mol. The van der Waals surface area contributed by atoms with Crippen LogP contribution in [0.5, 0.6) is 0 Å². The minimum atomic E-state index is -1.15. The van der Waals surface area contributed by atoms with E-state index in [-0.39, 0.29) is 11.5 Å². The molecule has 0 saturated heterocycles. The summed E-state index contributed by atoms with van der Waals surface area (Å²) in [4.78, 5) is 29.7. The highest BCUT2D eigenvalue weighted by molar-refractivity contribution is 5.89. The standard InChI is InChI=1S/C24H22N8O2/c1-4-31-22(33)17-13-27-23(28-15-10-14(12-25)16-8-9-26-18(16)11-15)30-21(17)32(31)20-7-5-6-19(29-20)24(2,3)34/h5-11,13,26,34H,4H2,1-3H3,(H,27,28,30). The molecule has 4 aromatic heterocycles. The van der Waals surface area contributed by atoms with Gasteiger partial charge in [0, 0.05) is 35.5 Å². The molecule has 0 aliphatic carbocycles. The number of H-pyrrole nitrogens is 1. The minimum Gasteiger partial charge on any atom is -0.384 e. The van der Waals surface area contributed by atoms with Crippen molar-refractivity contribution in [3.05, 3.63) is 70.4 Å². The topological polar surface area (TPSA) is 137 Å². The molecule has 3 N–H and O–H groups in total. The SMILES string of the molecule is CCn1c(=O)c2cnc(Nc3cc(C#N)c4cc[nH]c4c3)nc2n1-c1cccc(C(C)(C)O)n1. The van der Waals surface area contributed by atoms with E-state index in [0.29, 0.717) is 40.3 Å². The molecule has 5 rings (SSSR count). The average molecular weight is 454 g/mol. The van der Waals surface area contributed by atoms with E-state index in [9.17, 15) is 15.2 Å². The summed E-state index contributed by atoms with van der Waals surface area (Å²) in [6, 6.07) is 12.9. The Morgan fingerprint density at radius 2 is 2.03 bits per heavy atom. The number of nitriles is 1. The van der Waals surface area contributed by atoms with Gasteiger partial charge in [-0.15, -0.1) is 0 Å². The molecule has 0 aliphatic rings. The maximum Gasteiger partial charge on any atom is 0.278 e. The number of nitrogens with one attached hydrogen (secondary N) is 2. The first kappa shape index (κ1) is 21.4. The largest absolute Gasteiger partial charge is 0.384 e. The number of aliphatic hydroxyl groups is 1. The summed E-state index contributed by atoms with van der Waals surface area (Å²) < 4.78 is 3.16. The van der Waals surface area contributed by atoms with Gasteiger partial charge >= 0.3 is 0 Å². The summed E-state index contributed by atoms with van der Waals surface area (Å²) in [6.07, 6.45) is 3.26. The molecule has 1 aromatic carbocycles. The first-order valence-electron chi connectivity index (χ1n) is 10.8. The molecule has 0 fully saturated rings. The summed E-state index contributed by atoms with van der Waals surface area (Å²) in [5.74, 6) is 0.723. The normalized spacial score (nSPS) is 11.7. The summed E-state index contributed by atoms with van der Waals surface area (Å²) in [6.45, 7) is 5.56. The molecule has 0 spiro atoms. The molecule has 0 amide bonds. The van der Waals surface area contributed by atoms with Crippen LogP contribution in [0.15, 0.2) is 53.6 Å². The van der Waals surface area contributed by atoms with Gasteiger partial charge in [0.25, 0.3) is 5.56 Å². The number of nitrogens with zero attached hydrogens (tertiary/aromatic N) is 6. The van der Waals surface area contributed by atoms with Crippen LogP contribution < -0.4 is 10.9 Å². The second-order valence-corrected chi connectivity index (χ2v) is 8.40. The van der Waals surface area contributed by atoms with Gasteiger partial charge in [0.1, 0.15) is 11.0 Å². The molecule has 0 saturated carbocycles. The smallest absolute Gasteiger partial charge is 0.278 e. The Bertz CT molecular complexity index is 1650. The van der Waals surface area contributed by atoms with Gasteiger partial charge < -0.3 is 15.4 Å². The molecule has 5 aromatic rings. The Balaban J connectivity index is 1.65. The van der Waals surface area contributed by atoms with Crippen molar-refractivity contribution in [2.45, 2.75) is 32.9 Å². The third kappa shape index (κ3) is 3.48. The number of anilines is 2. The third-order valence-corrected chi connectivity index (χ3v) is 5.60. The van der Waals surface area contributed by atoms with E-state index >= 15 is 0 Å². The highest BCUT2D eigenvalue weighted by Crippen LogP contribution is 2.25. The molecule has 10 heteroatoms. The number of hydrogen-bond acceptors (Lipinski definition) is 7. The lowest BCUT2D eigenvalue weighted by Crippen LogP contribution is -2.23. The van der Waals surface area contributed by atoms with Crippen molar-refractivity contribution < 1.29 is 5.11 Å². The van der Waals surface area contributed by atoms with E-state index in [1.165, 1.54) is 10.9 Å². The van der Waals surface area contributed by atoms with Crippen LogP contribution >= 0.6 is 0 Å². The Kier molecular flexibility index (Phi) is 4.92. The van der Waals surface area contributed by atoms with Gasteiger partial charge in [-0.1, -0.05) is 6.07 Å². The number of hydrogen-bond donors (Lipinski definition) is 3. The quantitative estimate of drug-likeness (QED) is 0.370. The maximum atomic E-state index is 13.0. The molecule has 170 valence electrons. The number of benzene rings is 1. The number of fused-ring (bicyclic) bond motifs is 2. The maximum absolute atomic E-state index is 13.0. The first-order chi connectivity index (χ1) is 16.3. The Morgan fingerprint density at radius 1 is 1.21 bits per heavy atom. The predicted octanol–water partition coefficient (Wildman–Crippen LogP) is 3.32. The Labute approximate surface area is 194 Å². The van der Waals surface area contributed by atoms with E-state index in [2.05, 4.69) is 31.3 Å². The van der Waals surface area contributed by atoms with Crippen LogP contribution in [0.4, 0.5) is 11.6 Å². The van der Waals surface area contributed by atoms with Crippen molar-refractivity contribution in [1.29, 1.82) is 5.26 Å². The number of pyridine rings is 1. The van der Waals surface area contributed by atoms with Crippen molar-refractivity contribution in [2.75, 3.05) is 5.32 Å². The van der Waals surface area contributed by atoms with E-state index in [0.717, 1.165) is 10.9 Å². The third-order valence-electron chi connectivity index (χ3n) is 5.60. The average Bonchev–Trinajstić information content (AvgIpc) is 3.40. The number of aromatic nitrogens is 6. The van der Waals surface area contributed by atoms with Crippen molar-refractivity contribution in [3.8, 4) is 11.9 Å². The Hall–Kier alpha value is -4.49. The summed E-state index contributed by atoms with van der Waals surface area (Å²) in [5, 5.41) is 24.2. The first-order valence-corrected chi connectivity index (χ1v) is 10.8. The van der Waals surface area contributed by atoms with E-state index in [1.807, 2.05) is 19.1 Å². The van der Waals surface area contributed by atoms with Crippen LogP contribution in [-0.2, 0) is 12.1 Å². The Morgan fingerprint density at radius 3 is 2.76 bits per heavy atom. The minimum absolute atomic E-state index is 0.237. The fraction of sp³-hybridized carbons (Fsp3) is 0.208. The van der Waals surface area contributed by atoms with E-state index in [1.54, 1.807) is 49.0 Å². The van der Waals surface area contributed by atoms with Gasteiger partial charge in [0.05, 0.1) is 17.3 Å². The zero-order valence-electron chi connectivity index (χ0n) is 18.9. The van der Waals surface area contributed by atoms with E-state index < -0.39 is 5.60 Å². The fourth-order valence-corrected chi connectivity index (χ4v) is 3.95. The van der Waals surface area contributed by atoms with Gasteiger partial charge in [-0.3, -0.25) is 4.79 Å². The van der Waals surface area contributed by atoms with Gasteiger partial charge in [-0.2, -0.15) is 10.2 Å². The van der Waals surface area contributed by atoms with Crippen molar-refractivity contribution in [3.63, 3.8) is 0 Å². The number of rotatable bonds is 5. The van der Waals surface area contributed by atoms with Crippen molar-refractivity contribution >= 4 is 33.6 Å². The molecular weight excluding hydrogens is 432 g/mol. The second kappa shape index (κ2) is 7.83. The van der Waals surface area contributed by atoms with Crippen molar-refractivity contribution in [2.24, 2.45) is 0 Å². The molecule has 0 bridgehead atoms. The lowest BCUT2D eigenvalue weighted by molar-refractivity contribution is 0.0738. The van der Waals surface area contributed by atoms with Gasteiger partial charge in [-0.05, 0) is 51.1 Å². The summed E-state index contributed by atoms with van der Waals surface area (Å²) >= 11 is 0. The number of aromatic amines is 1. The lowest BCUT2D eigenvalue weighted by atomic mass is 10.1. The summed E-state index contributed by atoms with van der Waals surface area (Å²) in [5.41, 5.74) is 1.43. The molecule has 34 heavy (non-hydrogen) atoms. The zero-order valence-corrected chi connectivity index (χ0v) is 18.9. The molecule has 0 radical (unpaired) electrons. The van der Waals surface area contributed by atoms with Crippen molar-refractivity contribution in [1.82, 2.24) is 29.3 Å². The highest BCUT2D eigenvalue weighted by Gasteiger charge is 2.21. The van der Waals surface area contributed by atoms with Gasteiger partial charge in [-0.25, -0.2) is 19.3 Å². The van der Waals surface area contributed by atoms with Crippen LogP contribution in [0.1, 0.15) is 32.0 Å². The van der Waals surface area contributed by atoms with Crippen LogP contribution in [0, 0.1) is 11.3 Å². The lowest BCUT2D eigenvalue weighted by Gasteiger charge is -2.18. The van der Waals surface area contributed by atoms with Gasteiger partial charge in [0.2, 0.25) is 5.95 Å². The highest BCUT2D eigenvalue weighted by atomic mass is 16.3. The van der Waals surface area contributed by atoms with Crippen LogP contribution in [0.3, 0.4) is 0 Å². The monoisotopic (exact) mass is 454 g/mol. The molecular formula is C24H22N8O2. The van der Waals surface area contributed by atoms with Crippen LogP contribution in [0.25, 0.3) is 27.8 Å². The molecule has 0 unspecified atom stereocenters. The van der Waals surface area contributed by atoms with Gasteiger partial charge in [0.15, 0.2) is 11.5 Å². The molecule has 10 nitrogen and oxygen atoms in total. The fourth-order valence-electron chi connectivity index (χ4n) is 3.95. The van der Waals surface area contributed by atoms with E-state index in [4.69, 9.17) is 0 Å². The van der Waals surface area contributed by atoms with Crippen LogP contribution in [-0.4, -0.2) is 34.4 Å². The molecule has 0 aliphatic heterocycles.